The SMILES string of the molecule is CC1=C(C(=O)Nc2ccc(C)cc2C)C(c2cccc(OCc3ccc(C)cc3)c2)n2nc(SCc3ccccc3Cl)nc2N1. The fraction of sp³-hybridized carbons (Fsp3) is 0.194. The molecule has 6 rings (SSSR count). The van der Waals surface area contributed by atoms with Crippen molar-refractivity contribution in [1.82, 2.24) is 14.8 Å². The third kappa shape index (κ3) is 6.92. The van der Waals surface area contributed by atoms with Gasteiger partial charge in [0.15, 0.2) is 0 Å². The normalized spacial score (nSPS) is 14.1. The molecule has 0 aliphatic carbocycles. The van der Waals surface area contributed by atoms with Gasteiger partial charge in [0, 0.05) is 22.2 Å². The van der Waals surface area contributed by atoms with E-state index in [0.717, 1.165) is 33.5 Å². The molecule has 9 heteroatoms. The van der Waals surface area contributed by atoms with Crippen molar-refractivity contribution in [3.63, 3.8) is 0 Å². The molecule has 4 aromatic carbocycles. The van der Waals surface area contributed by atoms with Crippen molar-refractivity contribution >= 4 is 40.9 Å². The number of hydrogen-bond acceptors (Lipinski definition) is 6. The van der Waals surface area contributed by atoms with Crippen LogP contribution in [0.25, 0.3) is 0 Å². The highest BCUT2D eigenvalue weighted by Gasteiger charge is 2.35. The van der Waals surface area contributed by atoms with Gasteiger partial charge >= 0.3 is 0 Å². The first kappa shape index (κ1) is 30.5. The summed E-state index contributed by atoms with van der Waals surface area (Å²) in [5.41, 5.74) is 8.29. The molecule has 0 saturated heterocycles. The van der Waals surface area contributed by atoms with Gasteiger partial charge in [0.1, 0.15) is 18.4 Å². The van der Waals surface area contributed by atoms with Crippen LogP contribution >= 0.6 is 23.4 Å². The lowest BCUT2D eigenvalue weighted by Crippen LogP contribution is -2.31. The highest BCUT2D eigenvalue weighted by Crippen LogP contribution is 2.38. The van der Waals surface area contributed by atoms with Crippen LogP contribution in [0.2, 0.25) is 5.02 Å². The first-order valence-corrected chi connectivity index (χ1v) is 16.1. The molecule has 1 amide bonds. The van der Waals surface area contributed by atoms with E-state index in [4.69, 9.17) is 26.4 Å². The highest BCUT2D eigenvalue weighted by atomic mass is 35.5. The highest BCUT2D eigenvalue weighted by molar-refractivity contribution is 7.98. The summed E-state index contributed by atoms with van der Waals surface area (Å²) in [4.78, 5) is 18.9. The Balaban J connectivity index is 1.34. The molecular weight excluding hydrogens is 602 g/mol. The summed E-state index contributed by atoms with van der Waals surface area (Å²) in [6.07, 6.45) is 0. The van der Waals surface area contributed by atoms with Crippen molar-refractivity contribution in [2.24, 2.45) is 0 Å². The lowest BCUT2D eigenvalue weighted by Gasteiger charge is -2.29. The van der Waals surface area contributed by atoms with E-state index < -0.39 is 6.04 Å². The number of thioether (sulfide) groups is 1. The number of aromatic nitrogens is 3. The van der Waals surface area contributed by atoms with Gasteiger partial charge in [-0.2, -0.15) is 4.98 Å². The Morgan fingerprint density at radius 2 is 1.73 bits per heavy atom. The number of amides is 1. The van der Waals surface area contributed by atoms with E-state index in [1.165, 1.54) is 17.3 Å². The van der Waals surface area contributed by atoms with E-state index in [1.807, 2.05) is 81.4 Å². The number of hydrogen-bond donors (Lipinski definition) is 2. The van der Waals surface area contributed by atoms with Gasteiger partial charge in [0.05, 0.1) is 5.57 Å². The Kier molecular flexibility index (Phi) is 8.96. The number of anilines is 2. The number of ether oxygens (including phenoxy) is 1. The molecule has 1 atom stereocenters. The molecule has 228 valence electrons. The second kappa shape index (κ2) is 13.2. The summed E-state index contributed by atoms with van der Waals surface area (Å²) in [6.45, 7) is 8.43. The largest absolute Gasteiger partial charge is 0.489 e. The lowest BCUT2D eigenvalue weighted by atomic mass is 9.94. The molecule has 1 unspecified atom stereocenters. The maximum Gasteiger partial charge on any atom is 0.255 e. The molecule has 1 aliphatic heterocycles. The average Bonchev–Trinajstić information content (AvgIpc) is 3.43. The molecule has 45 heavy (non-hydrogen) atoms. The van der Waals surface area contributed by atoms with Crippen molar-refractivity contribution in [2.75, 3.05) is 10.6 Å². The quantitative estimate of drug-likeness (QED) is 0.158. The molecule has 2 heterocycles. The average molecular weight is 636 g/mol. The molecule has 2 N–H and O–H groups in total. The fourth-order valence-corrected chi connectivity index (χ4v) is 6.44. The third-order valence-electron chi connectivity index (χ3n) is 7.72. The third-order valence-corrected chi connectivity index (χ3v) is 8.98. The van der Waals surface area contributed by atoms with Gasteiger partial charge in [-0.25, -0.2) is 4.68 Å². The Hall–Kier alpha value is -4.53. The van der Waals surface area contributed by atoms with Crippen LogP contribution in [0.15, 0.2) is 107 Å². The van der Waals surface area contributed by atoms with Crippen LogP contribution in [-0.4, -0.2) is 20.7 Å². The number of halogens is 1. The van der Waals surface area contributed by atoms with Crippen molar-refractivity contribution in [3.05, 3.63) is 141 Å². The van der Waals surface area contributed by atoms with Crippen LogP contribution in [-0.2, 0) is 17.2 Å². The lowest BCUT2D eigenvalue weighted by molar-refractivity contribution is -0.113. The Morgan fingerprint density at radius 3 is 2.51 bits per heavy atom. The van der Waals surface area contributed by atoms with E-state index in [0.29, 0.717) is 45.5 Å². The number of carbonyl (C=O) groups excluding carboxylic acids is 1. The van der Waals surface area contributed by atoms with Crippen molar-refractivity contribution in [3.8, 4) is 5.75 Å². The Bertz CT molecular complexity index is 1900. The van der Waals surface area contributed by atoms with Gasteiger partial charge in [0.25, 0.3) is 5.91 Å². The number of carbonyl (C=O) groups is 1. The van der Waals surface area contributed by atoms with Gasteiger partial charge in [-0.3, -0.25) is 4.79 Å². The number of nitrogens with zero attached hydrogens (tertiary/aromatic N) is 3. The number of aryl methyl sites for hydroxylation is 3. The Labute approximate surface area is 272 Å². The van der Waals surface area contributed by atoms with Crippen molar-refractivity contribution < 1.29 is 9.53 Å². The smallest absolute Gasteiger partial charge is 0.255 e. The molecule has 1 aliphatic rings. The Morgan fingerprint density at radius 1 is 0.956 bits per heavy atom. The fourth-order valence-electron chi connectivity index (χ4n) is 5.32. The summed E-state index contributed by atoms with van der Waals surface area (Å²) in [5, 5.41) is 12.7. The van der Waals surface area contributed by atoms with Gasteiger partial charge in [-0.1, -0.05) is 101 Å². The second-order valence-corrected chi connectivity index (χ2v) is 12.6. The molecule has 0 radical (unpaired) electrons. The minimum Gasteiger partial charge on any atom is -0.489 e. The van der Waals surface area contributed by atoms with E-state index in [9.17, 15) is 4.79 Å². The van der Waals surface area contributed by atoms with Crippen LogP contribution in [0.3, 0.4) is 0 Å². The number of fused-ring (bicyclic) bond motifs is 1. The first-order valence-electron chi connectivity index (χ1n) is 14.7. The van der Waals surface area contributed by atoms with Gasteiger partial charge < -0.3 is 15.4 Å². The maximum absolute atomic E-state index is 14.1. The molecule has 0 spiro atoms. The molecular formula is C36H34ClN5O2S. The number of benzene rings is 4. The maximum atomic E-state index is 14.1. The molecule has 0 fully saturated rings. The van der Waals surface area contributed by atoms with Crippen molar-refractivity contribution in [2.45, 2.75) is 51.3 Å². The summed E-state index contributed by atoms with van der Waals surface area (Å²) >= 11 is 7.90. The minimum atomic E-state index is -0.544. The van der Waals surface area contributed by atoms with Gasteiger partial charge in [-0.05, 0) is 74.2 Å². The second-order valence-electron chi connectivity index (χ2n) is 11.2. The molecule has 1 aromatic heterocycles. The molecule has 5 aromatic rings. The van der Waals surface area contributed by atoms with Crippen LogP contribution in [0.4, 0.5) is 11.6 Å². The van der Waals surface area contributed by atoms with E-state index in [-0.39, 0.29) is 5.91 Å². The van der Waals surface area contributed by atoms with Crippen molar-refractivity contribution in [1.29, 1.82) is 0 Å². The van der Waals surface area contributed by atoms with E-state index in [1.54, 1.807) is 4.68 Å². The summed E-state index contributed by atoms with van der Waals surface area (Å²) in [5.74, 6) is 1.67. The standard InChI is InChI=1S/C36H34ClN5O2S/c1-22-12-15-26(16-13-22)20-44-29-10-7-9-27(19-29)33-32(34(43)39-31-17-14-23(2)18-24(31)3)25(4)38-35-40-36(41-42(33)35)45-21-28-8-5-6-11-30(28)37/h5-19,33H,20-21H2,1-4H3,(H,39,43)(H,38,40,41). The minimum absolute atomic E-state index is 0.214. The van der Waals surface area contributed by atoms with Crippen LogP contribution in [0, 0.1) is 20.8 Å². The zero-order valence-electron chi connectivity index (χ0n) is 25.6. The number of allylic oxidation sites excluding steroid dienone is 1. The zero-order valence-corrected chi connectivity index (χ0v) is 27.2. The number of nitrogens with one attached hydrogen (secondary N) is 2. The first-order chi connectivity index (χ1) is 21.7. The molecule has 7 nitrogen and oxygen atoms in total. The molecule has 0 bridgehead atoms. The van der Waals surface area contributed by atoms with Crippen LogP contribution in [0.1, 0.15) is 46.3 Å². The molecule has 0 saturated carbocycles. The number of rotatable bonds is 9. The topological polar surface area (TPSA) is 81.1 Å². The van der Waals surface area contributed by atoms with Gasteiger partial charge in [-0.15, -0.1) is 5.10 Å². The van der Waals surface area contributed by atoms with E-state index >= 15 is 0 Å². The monoisotopic (exact) mass is 635 g/mol. The van der Waals surface area contributed by atoms with E-state index in [2.05, 4.69) is 47.9 Å². The van der Waals surface area contributed by atoms with Crippen LogP contribution < -0.4 is 15.4 Å². The predicted octanol–water partition coefficient (Wildman–Crippen LogP) is 8.66. The summed E-state index contributed by atoms with van der Waals surface area (Å²) in [6, 6.07) is 29.3. The summed E-state index contributed by atoms with van der Waals surface area (Å²) in [7, 11) is 0. The predicted molar refractivity (Wildman–Crippen MR) is 182 cm³/mol. The van der Waals surface area contributed by atoms with Gasteiger partial charge in [0.2, 0.25) is 11.1 Å². The van der Waals surface area contributed by atoms with Crippen LogP contribution in [0.5, 0.6) is 5.75 Å². The summed E-state index contributed by atoms with van der Waals surface area (Å²) < 4.78 is 8.00. The zero-order chi connectivity index (χ0) is 31.5.